The van der Waals surface area contributed by atoms with Crippen molar-refractivity contribution >= 4 is 16.9 Å². The van der Waals surface area contributed by atoms with Gasteiger partial charge in [0.2, 0.25) is 5.12 Å². The van der Waals surface area contributed by atoms with E-state index < -0.39 is 4.87 Å². The number of azo groups is 1. The highest BCUT2D eigenvalue weighted by Gasteiger charge is 2.30. The number of carbonyl (C=O) groups is 1. The van der Waals surface area contributed by atoms with Crippen LogP contribution in [0.15, 0.2) is 40.6 Å². The third-order valence-corrected chi connectivity index (χ3v) is 3.78. The van der Waals surface area contributed by atoms with Gasteiger partial charge in [-0.25, -0.2) is 0 Å². The Morgan fingerprint density at radius 3 is 2.14 bits per heavy atom. The van der Waals surface area contributed by atoms with Crippen LogP contribution in [0.1, 0.15) is 58.3 Å². The van der Waals surface area contributed by atoms with Gasteiger partial charge in [-0.15, -0.1) is 0 Å². The van der Waals surface area contributed by atoms with Gasteiger partial charge in [0.05, 0.1) is 5.54 Å². The highest BCUT2D eigenvalue weighted by atomic mass is 32.2. The summed E-state index contributed by atoms with van der Waals surface area (Å²) >= 11 is 1.27. The van der Waals surface area contributed by atoms with Gasteiger partial charge in [-0.2, -0.15) is 10.2 Å². The van der Waals surface area contributed by atoms with Gasteiger partial charge in [-0.1, -0.05) is 55.9 Å². The number of rotatable bonds is 5. The fraction of sp³-hybridized carbons (Fsp3) is 0.588. The molecular weight excluding hydrogens is 280 g/mol. The maximum Gasteiger partial charge on any atom is 0.221 e. The molecule has 0 spiro atoms. The van der Waals surface area contributed by atoms with Crippen molar-refractivity contribution in [2.45, 2.75) is 58.4 Å². The summed E-state index contributed by atoms with van der Waals surface area (Å²) in [6.07, 6.45) is 0.815. The van der Waals surface area contributed by atoms with E-state index in [1.165, 1.54) is 11.8 Å². The number of thioether (sulfide) groups is 1. The molecule has 116 valence electrons. The summed E-state index contributed by atoms with van der Waals surface area (Å²) in [6.45, 7) is 12.3. The highest BCUT2D eigenvalue weighted by molar-refractivity contribution is 8.15. The summed E-state index contributed by atoms with van der Waals surface area (Å²) < 4.78 is 0. The lowest BCUT2D eigenvalue weighted by atomic mass is 10.1. The number of hydrogen-bond donors (Lipinski definition) is 0. The molecule has 1 aromatic rings. The van der Waals surface area contributed by atoms with Gasteiger partial charge < -0.3 is 0 Å². The number of hydrogen-bond acceptors (Lipinski definition) is 4. The van der Waals surface area contributed by atoms with E-state index in [1.807, 2.05) is 58.0 Å². The second-order valence-corrected chi connectivity index (χ2v) is 8.35. The van der Waals surface area contributed by atoms with E-state index in [9.17, 15) is 4.79 Å². The first-order valence-electron chi connectivity index (χ1n) is 7.34. The Balaban J connectivity index is 2.92. The molecular formula is C17H26N2OS. The Bertz CT molecular complexity index is 491. The van der Waals surface area contributed by atoms with Crippen molar-refractivity contribution in [2.24, 2.45) is 16.1 Å². The standard InChI is InChI=1S/C17H26N2OS/c1-13(2)12-17(6,19-18-16(3,4)5)21-15(20)14-10-8-7-9-11-14/h7-11,13H,12H2,1-6H3/b19-18+. The summed E-state index contributed by atoms with van der Waals surface area (Å²) in [6, 6.07) is 9.35. The van der Waals surface area contributed by atoms with Crippen molar-refractivity contribution < 1.29 is 4.79 Å². The van der Waals surface area contributed by atoms with Crippen LogP contribution in [0.2, 0.25) is 0 Å². The lowest BCUT2D eigenvalue weighted by molar-refractivity contribution is 0.108. The second-order valence-electron chi connectivity index (χ2n) is 6.90. The molecule has 21 heavy (non-hydrogen) atoms. The van der Waals surface area contributed by atoms with E-state index in [-0.39, 0.29) is 10.7 Å². The molecule has 0 saturated carbocycles. The Morgan fingerprint density at radius 2 is 1.67 bits per heavy atom. The van der Waals surface area contributed by atoms with Gasteiger partial charge in [0.15, 0.2) is 0 Å². The monoisotopic (exact) mass is 306 g/mol. The average molecular weight is 306 g/mol. The van der Waals surface area contributed by atoms with Crippen molar-refractivity contribution in [2.75, 3.05) is 0 Å². The first kappa shape index (κ1) is 17.9. The maximum atomic E-state index is 12.4. The topological polar surface area (TPSA) is 41.8 Å². The SMILES string of the molecule is CC(C)CC(C)(/N=N/C(C)(C)C)SC(=O)c1ccccc1. The van der Waals surface area contributed by atoms with Crippen molar-refractivity contribution in [3.8, 4) is 0 Å². The van der Waals surface area contributed by atoms with E-state index in [0.29, 0.717) is 11.5 Å². The van der Waals surface area contributed by atoms with Crippen molar-refractivity contribution in [1.29, 1.82) is 0 Å². The van der Waals surface area contributed by atoms with E-state index in [2.05, 4.69) is 24.1 Å². The molecule has 0 radical (unpaired) electrons. The normalized spacial score (nSPS) is 15.4. The molecule has 4 heteroatoms. The first-order valence-corrected chi connectivity index (χ1v) is 8.15. The van der Waals surface area contributed by atoms with Crippen LogP contribution in [0.25, 0.3) is 0 Å². The third kappa shape index (κ3) is 6.89. The van der Waals surface area contributed by atoms with Gasteiger partial charge >= 0.3 is 0 Å². The summed E-state index contributed by atoms with van der Waals surface area (Å²) in [7, 11) is 0. The van der Waals surface area contributed by atoms with Crippen LogP contribution in [0.4, 0.5) is 0 Å². The van der Waals surface area contributed by atoms with E-state index in [4.69, 9.17) is 0 Å². The summed E-state index contributed by atoms with van der Waals surface area (Å²) in [4.78, 5) is 11.9. The van der Waals surface area contributed by atoms with Gasteiger partial charge in [-0.3, -0.25) is 4.79 Å². The van der Waals surface area contributed by atoms with Gasteiger partial charge in [0, 0.05) is 5.56 Å². The largest absolute Gasteiger partial charge is 0.281 e. The smallest absolute Gasteiger partial charge is 0.221 e. The molecule has 1 aromatic carbocycles. The molecule has 0 fully saturated rings. The number of nitrogens with zero attached hydrogens (tertiary/aromatic N) is 2. The van der Waals surface area contributed by atoms with Crippen LogP contribution in [0.5, 0.6) is 0 Å². The molecule has 0 aliphatic carbocycles. The van der Waals surface area contributed by atoms with E-state index >= 15 is 0 Å². The minimum absolute atomic E-state index is 0.0478. The molecule has 3 nitrogen and oxygen atoms in total. The Hall–Kier alpha value is -1.16. The average Bonchev–Trinajstić information content (AvgIpc) is 2.36. The quantitative estimate of drug-likeness (QED) is 0.667. The van der Waals surface area contributed by atoms with E-state index in [1.54, 1.807) is 0 Å². The van der Waals surface area contributed by atoms with Crippen LogP contribution < -0.4 is 0 Å². The molecule has 0 aliphatic heterocycles. The summed E-state index contributed by atoms with van der Waals surface area (Å²) in [5.41, 5.74) is 0.484. The Labute approximate surface area is 132 Å². The minimum Gasteiger partial charge on any atom is -0.281 e. The molecule has 1 rings (SSSR count). The molecule has 0 amide bonds. The van der Waals surface area contributed by atoms with Gasteiger partial charge in [0.1, 0.15) is 4.87 Å². The zero-order valence-corrected chi connectivity index (χ0v) is 14.7. The maximum absolute atomic E-state index is 12.4. The molecule has 0 aliphatic rings. The summed E-state index contributed by atoms with van der Waals surface area (Å²) in [5.74, 6) is 0.449. The Morgan fingerprint density at radius 1 is 1.10 bits per heavy atom. The number of carbonyl (C=O) groups excluding carboxylic acids is 1. The highest BCUT2D eigenvalue weighted by Crippen LogP contribution is 2.36. The summed E-state index contributed by atoms with van der Waals surface area (Å²) in [5, 5.41) is 8.93. The fourth-order valence-electron chi connectivity index (χ4n) is 1.95. The van der Waals surface area contributed by atoms with E-state index in [0.717, 1.165) is 6.42 Å². The zero-order chi connectivity index (χ0) is 16.1. The molecule has 0 aromatic heterocycles. The lowest BCUT2D eigenvalue weighted by Gasteiger charge is -2.25. The van der Waals surface area contributed by atoms with Gasteiger partial charge in [0.25, 0.3) is 0 Å². The van der Waals surface area contributed by atoms with Crippen molar-refractivity contribution in [3.63, 3.8) is 0 Å². The molecule has 0 saturated heterocycles. The predicted octanol–water partition coefficient (Wildman–Crippen LogP) is 5.57. The fourth-order valence-corrected chi connectivity index (χ4v) is 3.10. The second kappa shape index (κ2) is 7.21. The molecule has 1 unspecified atom stereocenters. The van der Waals surface area contributed by atoms with Crippen molar-refractivity contribution in [1.82, 2.24) is 0 Å². The van der Waals surface area contributed by atoms with Crippen molar-refractivity contribution in [3.05, 3.63) is 35.9 Å². The number of benzene rings is 1. The zero-order valence-electron chi connectivity index (χ0n) is 13.9. The molecule has 0 heterocycles. The lowest BCUT2D eigenvalue weighted by Crippen LogP contribution is -2.23. The van der Waals surface area contributed by atoms with Gasteiger partial charge in [-0.05, 0) is 40.0 Å². The first-order chi connectivity index (χ1) is 9.61. The van der Waals surface area contributed by atoms with Crippen LogP contribution in [0, 0.1) is 5.92 Å². The predicted molar refractivity (Wildman–Crippen MR) is 90.8 cm³/mol. The molecule has 1 atom stereocenters. The minimum atomic E-state index is -0.519. The Kier molecular flexibility index (Phi) is 6.14. The van der Waals surface area contributed by atoms with Crippen LogP contribution in [0.3, 0.4) is 0 Å². The molecule has 0 N–H and O–H groups in total. The van der Waals surface area contributed by atoms with Crippen LogP contribution >= 0.6 is 11.8 Å². The molecule has 0 bridgehead atoms. The van der Waals surface area contributed by atoms with Crippen LogP contribution in [-0.2, 0) is 0 Å². The van der Waals surface area contributed by atoms with Crippen LogP contribution in [-0.4, -0.2) is 15.5 Å². The third-order valence-electron chi connectivity index (χ3n) is 2.67.